The molecule has 3 nitrogen and oxygen atoms in total. The molecular formula is C16H21BrFN3. The number of hydrogen-bond acceptors (Lipinski definition) is 2. The predicted octanol–water partition coefficient (Wildman–Crippen LogP) is 4.39. The first-order valence-corrected chi connectivity index (χ1v) is 8.09. The summed E-state index contributed by atoms with van der Waals surface area (Å²) in [5, 5.41) is 4.57. The number of nitrogens with two attached hydrogens (primary N) is 1. The molecule has 114 valence electrons. The van der Waals surface area contributed by atoms with Gasteiger partial charge in [0, 0.05) is 24.2 Å². The molecule has 0 radical (unpaired) electrons. The molecule has 1 atom stereocenters. The van der Waals surface area contributed by atoms with Crippen molar-refractivity contribution in [1.29, 1.82) is 0 Å². The van der Waals surface area contributed by atoms with E-state index in [1.54, 1.807) is 18.2 Å². The zero-order valence-electron chi connectivity index (χ0n) is 12.4. The molecule has 0 aliphatic carbocycles. The van der Waals surface area contributed by atoms with Crippen molar-refractivity contribution in [3.8, 4) is 0 Å². The third-order valence-corrected chi connectivity index (χ3v) is 4.40. The molecule has 0 aliphatic heterocycles. The molecule has 1 aromatic heterocycles. The van der Waals surface area contributed by atoms with Gasteiger partial charge in [0.15, 0.2) is 0 Å². The minimum Gasteiger partial charge on any atom is -0.324 e. The van der Waals surface area contributed by atoms with Crippen LogP contribution in [0.1, 0.15) is 50.0 Å². The van der Waals surface area contributed by atoms with E-state index in [0.29, 0.717) is 22.5 Å². The van der Waals surface area contributed by atoms with Crippen molar-refractivity contribution in [2.24, 2.45) is 5.73 Å². The summed E-state index contributed by atoms with van der Waals surface area (Å²) < 4.78 is 16.5. The summed E-state index contributed by atoms with van der Waals surface area (Å²) in [5.41, 5.74) is 7.55. The zero-order chi connectivity index (χ0) is 15.4. The van der Waals surface area contributed by atoms with E-state index in [4.69, 9.17) is 5.73 Å². The number of nitrogens with zero attached hydrogens (tertiary/aromatic N) is 2. The summed E-state index contributed by atoms with van der Waals surface area (Å²) in [7, 11) is 0. The van der Waals surface area contributed by atoms with Gasteiger partial charge in [0.25, 0.3) is 0 Å². The standard InChI is InChI=1S/C16H21BrFN3/c1-3-12(4-2)21-9-8-11(20-21)10-15(19)13-6-5-7-14(17)16(13)18/h5-9,12,15H,3-4,10,19H2,1-2H3. The number of aromatic nitrogens is 2. The average molecular weight is 354 g/mol. The lowest BCUT2D eigenvalue weighted by molar-refractivity contribution is 0.424. The van der Waals surface area contributed by atoms with Crippen molar-refractivity contribution in [2.45, 2.75) is 45.2 Å². The zero-order valence-corrected chi connectivity index (χ0v) is 14.0. The number of rotatable bonds is 6. The lowest BCUT2D eigenvalue weighted by Crippen LogP contribution is -2.16. The van der Waals surface area contributed by atoms with E-state index in [0.717, 1.165) is 18.5 Å². The maximum absolute atomic E-state index is 14.0. The normalized spacial score (nSPS) is 12.9. The van der Waals surface area contributed by atoms with Gasteiger partial charge >= 0.3 is 0 Å². The van der Waals surface area contributed by atoms with Gasteiger partial charge in [-0.25, -0.2) is 4.39 Å². The minimum absolute atomic E-state index is 0.288. The molecule has 2 aromatic rings. The highest BCUT2D eigenvalue weighted by molar-refractivity contribution is 9.10. The van der Waals surface area contributed by atoms with Gasteiger partial charge in [0.1, 0.15) is 5.82 Å². The van der Waals surface area contributed by atoms with Crippen LogP contribution in [-0.2, 0) is 6.42 Å². The van der Waals surface area contributed by atoms with Gasteiger partial charge in [-0.3, -0.25) is 4.68 Å². The molecule has 1 aromatic carbocycles. The van der Waals surface area contributed by atoms with E-state index >= 15 is 0 Å². The molecule has 0 amide bonds. The third kappa shape index (κ3) is 3.71. The van der Waals surface area contributed by atoms with E-state index in [1.807, 2.05) is 16.9 Å². The van der Waals surface area contributed by atoms with E-state index in [9.17, 15) is 4.39 Å². The van der Waals surface area contributed by atoms with Crippen LogP contribution in [0.25, 0.3) is 0 Å². The van der Waals surface area contributed by atoms with E-state index in [2.05, 4.69) is 34.9 Å². The van der Waals surface area contributed by atoms with Crippen LogP contribution in [0.4, 0.5) is 4.39 Å². The van der Waals surface area contributed by atoms with Gasteiger partial charge in [-0.2, -0.15) is 5.10 Å². The van der Waals surface area contributed by atoms with Crippen LogP contribution in [0.2, 0.25) is 0 Å². The Labute approximate surface area is 133 Å². The number of halogens is 2. The molecule has 5 heteroatoms. The maximum Gasteiger partial charge on any atom is 0.142 e. The molecule has 2 rings (SSSR count). The number of benzene rings is 1. The van der Waals surface area contributed by atoms with Crippen LogP contribution in [0.15, 0.2) is 34.9 Å². The van der Waals surface area contributed by atoms with Crippen LogP contribution in [-0.4, -0.2) is 9.78 Å². The molecule has 0 saturated carbocycles. The Kier molecular flexibility index (Phi) is 5.53. The summed E-state index contributed by atoms with van der Waals surface area (Å²) in [6.07, 6.45) is 4.60. The summed E-state index contributed by atoms with van der Waals surface area (Å²) in [5.74, 6) is -0.288. The van der Waals surface area contributed by atoms with Gasteiger partial charge in [0.05, 0.1) is 16.2 Å². The van der Waals surface area contributed by atoms with Gasteiger partial charge in [0.2, 0.25) is 0 Å². The first-order valence-electron chi connectivity index (χ1n) is 7.30. The molecule has 2 N–H and O–H groups in total. The van der Waals surface area contributed by atoms with Crippen LogP contribution in [0, 0.1) is 5.82 Å². The van der Waals surface area contributed by atoms with Gasteiger partial charge < -0.3 is 5.73 Å². The first-order chi connectivity index (χ1) is 10.1. The summed E-state index contributed by atoms with van der Waals surface area (Å²) >= 11 is 3.19. The summed E-state index contributed by atoms with van der Waals surface area (Å²) in [6, 6.07) is 7.18. The van der Waals surface area contributed by atoms with Crippen molar-refractivity contribution in [1.82, 2.24) is 9.78 Å². The van der Waals surface area contributed by atoms with Gasteiger partial charge in [-0.1, -0.05) is 26.0 Å². The fourth-order valence-electron chi connectivity index (χ4n) is 2.49. The van der Waals surface area contributed by atoms with Crippen molar-refractivity contribution in [3.63, 3.8) is 0 Å². The van der Waals surface area contributed by atoms with Crippen LogP contribution in [0.5, 0.6) is 0 Å². The molecule has 0 fully saturated rings. The quantitative estimate of drug-likeness (QED) is 0.836. The molecule has 0 spiro atoms. The molecule has 1 unspecified atom stereocenters. The fourth-order valence-corrected chi connectivity index (χ4v) is 2.88. The Balaban J connectivity index is 2.13. The van der Waals surface area contributed by atoms with E-state index in [-0.39, 0.29) is 5.82 Å². The van der Waals surface area contributed by atoms with Crippen molar-refractivity contribution in [2.75, 3.05) is 0 Å². The van der Waals surface area contributed by atoms with Crippen LogP contribution in [0.3, 0.4) is 0 Å². The molecule has 0 bridgehead atoms. The van der Waals surface area contributed by atoms with E-state index in [1.165, 1.54) is 0 Å². The second-order valence-electron chi connectivity index (χ2n) is 5.21. The number of hydrogen-bond donors (Lipinski definition) is 1. The highest BCUT2D eigenvalue weighted by Gasteiger charge is 2.16. The summed E-state index contributed by atoms with van der Waals surface area (Å²) in [4.78, 5) is 0. The predicted molar refractivity (Wildman–Crippen MR) is 86.6 cm³/mol. The molecular weight excluding hydrogens is 333 g/mol. The van der Waals surface area contributed by atoms with E-state index < -0.39 is 6.04 Å². The van der Waals surface area contributed by atoms with Crippen molar-refractivity contribution < 1.29 is 4.39 Å². The van der Waals surface area contributed by atoms with Crippen LogP contribution >= 0.6 is 15.9 Å². The molecule has 0 saturated heterocycles. The average Bonchev–Trinajstić information content (AvgIpc) is 2.91. The smallest absolute Gasteiger partial charge is 0.142 e. The topological polar surface area (TPSA) is 43.8 Å². The van der Waals surface area contributed by atoms with Crippen LogP contribution < -0.4 is 5.73 Å². The molecule has 1 heterocycles. The highest BCUT2D eigenvalue weighted by Crippen LogP contribution is 2.25. The van der Waals surface area contributed by atoms with Crippen molar-refractivity contribution in [3.05, 3.63) is 52.0 Å². The van der Waals surface area contributed by atoms with Crippen molar-refractivity contribution >= 4 is 15.9 Å². The first kappa shape index (κ1) is 16.2. The molecule has 0 aliphatic rings. The molecule has 21 heavy (non-hydrogen) atoms. The Morgan fingerprint density at radius 3 is 2.67 bits per heavy atom. The Morgan fingerprint density at radius 1 is 1.29 bits per heavy atom. The maximum atomic E-state index is 14.0. The SMILES string of the molecule is CCC(CC)n1ccc(CC(N)c2cccc(Br)c2F)n1. The lowest BCUT2D eigenvalue weighted by Gasteiger charge is -2.14. The second-order valence-corrected chi connectivity index (χ2v) is 6.07. The Morgan fingerprint density at radius 2 is 2.00 bits per heavy atom. The minimum atomic E-state index is -0.396. The third-order valence-electron chi connectivity index (χ3n) is 3.79. The Hall–Kier alpha value is -1.20. The lowest BCUT2D eigenvalue weighted by atomic mass is 10.0. The Bertz CT molecular complexity index is 593. The second kappa shape index (κ2) is 7.18. The fraction of sp³-hybridized carbons (Fsp3) is 0.438. The van der Waals surface area contributed by atoms with Gasteiger partial charge in [-0.15, -0.1) is 0 Å². The summed E-state index contributed by atoms with van der Waals surface area (Å²) in [6.45, 7) is 4.30. The monoisotopic (exact) mass is 353 g/mol. The van der Waals surface area contributed by atoms with Gasteiger partial charge in [-0.05, 0) is 40.9 Å². The largest absolute Gasteiger partial charge is 0.324 e. The highest BCUT2D eigenvalue weighted by atomic mass is 79.9.